The fraction of sp³-hybridized carbons (Fsp3) is 0.318. The molecule has 1 heterocycles. The van der Waals surface area contributed by atoms with Gasteiger partial charge in [0.05, 0.1) is 29.8 Å². The van der Waals surface area contributed by atoms with E-state index in [2.05, 4.69) is 20.9 Å². The van der Waals surface area contributed by atoms with Gasteiger partial charge in [-0.2, -0.15) is 0 Å². The summed E-state index contributed by atoms with van der Waals surface area (Å²) in [6.45, 7) is 3.33. The summed E-state index contributed by atoms with van der Waals surface area (Å²) < 4.78 is 7.55. The minimum atomic E-state index is -0.138. The Hall–Kier alpha value is -2.16. The van der Waals surface area contributed by atoms with E-state index >= 15 is 0 Å². The van der Waals surface area contributed by atoms with E-state index in [1.807, 2.05) is 37.3 Å². The van der Waals surface area contributed by atoms with Crippen LogP contribution in [0.2, 0.25) is 0 Å². The Bertz CT molecular complexity index is 1100. The minimum absolute atomic E-state index is 0.0241. The van der Waals surface area contributed by atoms with Crippen molar-refractivity contribution in [1.29, 1.82) is 0 Å². The van der Waals surface area contributed by atoms with Crippen molar-refractivity contribution in [3.63, 3.8) is 0 Å². The molecule has 30 heavy (non-hydrogen) atoms. The van der Waals surface area contributed by atoms with Gasteiger partial charge < -0.3 is 9.64 Å². The maximum atomic E-state index is 13.0. The Morgan fingerprint density at radius 3 is 2.67 bits per heavy atom. The maximum Gasteiger partial charge on any atom is 0.262 e. The number of amides is 1. The molecule has 0 aliphatic rings. The van der Waals surface area contributed by atoms with Crippen LogP contribution in [0.25, 0.3) is 10.9 Å². The number of fused-ring (bicyclic) bond motifs is 1. The molecule has 0 unspecified atom stereocenters. The molecule has 1 amide bonds. The molecule has 3 rings (SSSR count). The van der Waals surface area contributed by atoms with Crippen LogP contribution in [0, 0.1) is 6.92 Å². The van der Waals surface area contributed by atoms with E-state index in [-0.39, 0.29) is 17.2 Å². The smallest absolute Gasteiger partial charge is 0.262 e. The van der Waals surface area contributed by atoms with Gasteiger partial charge in [-0.1, -0.05) is 57.5 Å². The second-order valence-corrected chi connectivity index (χ2v) is 8.89. The lowest BCUT2D eigenvalue weighted by Gasteiger charge is -2.18. The van der Waals surface area contributed by atoms with Crippen molar-refractivity contribution in [2.24, 2.45) is 0 Å². The van der Waals surface area contributed by atoms with E-state index in [0.717, 1.165) is 10.0 Å². The van der Waals surface area contributed by atoms with Crippen LogP contribution < -0.4 is 5.56 Å². The number of aromatic nitrogens is 2. The molecule has 0 saturated heterocycles. The molecule has 0 spiro atoms. The van der Waals surface area contributed by atoms with Crippen LogP contribution >= 0.6 is 27.7 Å². The van der Waals surface area contributed by atoms with Crippen molar-refractivity contribution < 1.29 is 9.53 Å². The third-order valence-corrected chi connectivity index (χ3v) is 6.15. The highest BCUT2D eigenvalue weighted by molar-refractivity contribution is 9.10. The minimum Gasteiger partial charge on any atom is -0.383 e. The number of hydrogen-bond donors (Lipinski definition) is 0. The summed E-state index contributed by atoms with van der Waals surface area (Å²) in [5, 5.41) is 1.05. The van der Waals surface area contributed by atoms with Gasteiger partial charge in [0, 0.05) is 25.2 Å². The van der Waals surface area contributed by atoms with Crippen LogP contribution in [0.3, 0.4) is 0 Å². The third-order valence-electron chi connectivity index (χ3n) is 4.69. The first-order valence-electron chi connectivity index (χ1n) is 9.50. The summed E-state index contributed by atoms with van der Waals surface area (Å²) in [6, 6.07) is 13.5. The topological polar surface area (TPSA) is 64.4 Å². The number of nitrogens with zero attached hydrogens (tertiary/aromatic N) is 3. The monoisotopic (exact) mass is 489 g/mol. The Balaban J connectivity index is 1.78. The average Bonchev–Trinajstić information content (AvgIpc) is 2.73. The number of benzene rings is 2. The summed E-state index contributed by atoms with van der Waals surface area (Å²) in [5.74, 6) is 0.174. The van der Waals surface area contributed by atoms with Crippen molar-refractivity contribution in [3.05, 3.63) is 68.4 Å². The normalized spacial score (nSPS) is 11.1. The highest BCUT2D eigenvalue weighted by Gasteiger charge is 2.15. The molecular weight excluding hydrogens is 466 g/mol. The number of ether oxygens (including phenoxy) is 1. The molecule has 0 saturated carbocycles. The number of carbonyl (C=O) groups excluding carboxylic acids is 1. The molecule has 0 fully saturated rings. The van der Waals surface area contributed by atoms with E-state index < -0.39 is 0 Å². The zero-order valence-electron chi connectivity index (χ0n) is 17.2. The molecule has 0 aliphatic carbocycles. The highest BCUT2D eigenvalue weighted by atomic mass is 79.9. The summed E-state index contributed by atoms with van der Waals surface area (Å²) in [7, 11) is 3.37. The number of halogens is 1. The molecule has 0 bridgehead atoms. The lowest BCUT2D eigenvalue weighted by Crippen LogP contribution is -2.29. The first-order chi connectivity index (χ1) is 14.4. The van der Waals surface area contributed by atoms with Crippen LogP contribution in [0.1, 0.15) is 11.1 Å². The largest absolute Gasteiger partial charge is 0.383 e. The van der Waals surface area contributed by atoms with E-state index in [1.165, 1.54) is 17.3 Å². The van der Waals surface area contributed by atoms with Gasteiger partial charge in [-0.05, 0) is 30.7 Å². The molecule has 8 heteroatoms. The van der Waals surface area contributed by atoms with Crippen LogP contribution in [-0.4, -0.2) is 46.9 Å². The van der Waals surface area contributed by atoms with E-state index in [9.17, 15) is 9.59 Å². The van der Waals surface area contributed by atoms with Gasteiger partial charge in [-0.3, -0.25) is 14.2 Å². The number of thioether (sulfide) groups is 1. The number of hydrogen-bond acceptors (Lipinski definition) is 5. The van der Waals surface area contributed by atoms with Gasteiger partial charge in [0.2, 0.25) is 5.91 Å². The molecule has 0 N–H and O–H groups in total. The Morgan fingerprint density at radius 2 is 1.97 bits per heavy atom. The fourth-order valence-corrected chi connectivity index (χ4v) is 4.28. The summed E-state index contributed by atoms with van der Waals surface area (Å²) in [6.07, 6.45) is 0. The molecule has 0 atom stereocenters. The number of rotatable bonds is 8. The molecule has 6 nitrogen and oxygen atoms in total. The molecule has 158 valence electrons. The van der Waals surface area contributed by atoms with Gasteiger partial charge in [0.15, 0.2) is 5.16 Å². The average molecular weight is 490 g/mol. The van der Waals surface area contributed by atoms with Crippen LogP contribution in [0.4, 0.5) is 0 Å². The zero-order valence-corrected chi connectivity index (χ0v) is 19.6. The summed E-state index contributed by atoms with van der Waals surface area (Å²) in [4.78, 5) is 32.0. The van der Waals surface area contributed by atoms with Gasteiger partial charge >= 0.3 is 0 Å². The highest BCUT2D eigenvalue weighted by Crippen LogP contribution is 2.21. The predicted molar refractivity (Wildman–Crippen MR) is 124 cm³/mol. The van der Waals surface area contributed by atoms with Crippen molar-refractivity contribution in [1.82, 2.24) is 14.5 Å². The van der Waals surface area contributed by atoms with E-state index in [0.29, 0.717) is 35.8 Å². The van der Waals surface area contributed by atoms with Crippen LogP contribution in [0.5, 0.6) is 0 Å². The van der Waals surface area contributed by atoms with Crippen molar-refractivity contribution in [2.45, 2.75) is 25.2 Å². The van der Waals surface area contributed by atoms with Crippen molar-refractivity contribution in [2.75, 3.05) is 26.5 Å². The maximum absolute atomic E-state index is 13.0. The van der Waals surface area contributed by atoms with Gasteiger partial charge in [0.1, 0.15) is 0 Å². The Kier molecular flexibility index (Phi) is 7.69. The van der Waals surface area contributed by atoms with Gasteiger partial charge in [0.25, 0.3) is 5.56 Å². The lowest BCUT2D eigenvalue weighted by atomic mass is 10.1. The van der Waals surface area contributed by atoms with E-state index in [4.69, 9.17) is 4.74 Å². The molecule has 0 radical (unpaired) electrons. The molecule has 0 aliphatic heterocycles. The molecule has 3 aromatic rings. The Labute approximate surface area is 188 Å². The van der Waals surface area contributed by atoms with Gasteiger partial charge in [-0.15, -0.1) is 0 Å². The first kappa shape index (κ1) is 22.5. The second kappa shape index (κ2) is 10.2. The zero-order chi connectivity index (χ0) is 21.7. The molecule has 2 aromatic carbocycles. The first-order valence-corrected chi connectivity index (χ1v) is 11.3. The SMILES string of the molecule is COCCn1c(SCC(=O)N(C)Cc2ccc(C)cc2)nc2ccc(Br)cc2c1=O. The quantitative estimate of drug-likeness (QED) is 0.355. The third kappa shape index (κ3) is 5.50. The fourth-order valence-electron chi connectivity index (χ4n) is 2.95. The van der Waals surface area contributed by atoms with Crippen LogP contribution in [-0.2, 0) is 22.6 Å². The van der Waals surface area contributed by atoms with Crippen molar-refractivity contribution in [3.8, 4) is 0 Å². The number of methoxy groups -OCH3 is 1. The number of carbonyl (C=O) groups is 1. The van der Waals surface area contributed by atoms with Gasteiger partial charge in [-0.25, -0.2) is 4.98 Å². The second-order valence-electron chi connectivity index (χ2n) is 7.03. The van der Waals surface area contributed by atoms with E-state index in [1.54, 1.807) is 35.8 Å². The summed E-state index contributed by atoms with van der Waals surface area (Å²) >= 11 is 4.68. The molecule has 1 aromatic heterocycles. The number of aryl methyl sites for hydroxylation is 1. The van der Waals surface area contributed by atoms with Crippen molar-refractivity contribution >= 4 is 44.5 Å². The lowest BCUT2D eigenvalue weighted by molar-refractivity contribution is -0.127. The predicted octanol–water partition coefficient (Wildman–Crippen LogP) is 3.86. The summed E-state index contributed by atoms with van der Waals surface area (Å²) in [5.41, 5.74) is 2.74. The standard InChI is InChI=1S/C22H24BrN3O3S/c1-15-4-6-16(7-5-15)13-25(2)20(27)14-30-22-24-19-9-8-17(23)12-18(19)21(28)26(22)10-11-29-3/h4-9,12H,10-11,13-14H2,1-3H3. The Morgan fingerprint density at radius 1 is 1.23 bits per heavy atom. The molecular formula is C22H24BrN3O3S. The van der Waals surface area contributed by atoms with Crippen LogP contribution in [0.15, 0.2) is 56.9 Å².